The van der Waals surface area contributed by atoms with Crippen LogP contribution in [0.15, 0.2) is 97.1 Å². The highest BCUT2D eigenvalue weighted by molar-refractivity contribution is 6.10. The van der Waals surface area contributed by atoms with Crippen molar-refractivity contribution >= 4 is 28.9 Å². The molecule has 37 heavy (non-hydrogen) atoms. The van der Waals surface area contributed by atoms with E-state index in [0.717, 1.165) is 41.2 Å². The fourth-order valence-corrected chi connectivity index (χ4v) is 4.92. The molecule has 0 bridgehead atoms. The highest BCUT2D eigenvalue weighted by Gasteiger charge is 2.21. The number of nitrogens with one attached hydrogen (secondary N) is 1. The van der Waals surface area contributed by atoms with E-state index in [1.165, 1.54) is 12.8 Å². The molecule has 0 aliphatic carbocycles. The van der Waals surface area contributed by atoms with E-state index in [1.54, 1.807) is 29.2 Å². The van der Waals surface area contributed by atoms with Crippen molar-refractivity contribution in [3.8, 4) is 11.1 Å². The molecule has 0 atom stereocenters. The summed E-state index contributed by atoms with van der Waals surface area (Å²) in [7, 11) is 1.81. The highest BCUT2D eigenvalue weighted by atomic mass is 16.2. The van der Waals surface area contributed by atoms with Gasteiger partial charge in [-0.1, -0.05) is 60.2 Å². The topological polar surface area (TPSA) is 52.7 Å². The molecule has 0 aromatic heterocycles. The van der Waals surface area contributed by atoms with Gasteiger partial charge in [0.15, 0.2) is 0 Å². The maximum atomic E-state index is 13.3. The van der Waals surface area contributed by atoms with Crippen LogP contribution in [0.2, 0.25) is 0 Å². The number of para-hydroxylation sites is 2. The zero-order chi connectivity index (χ0) is 25.8. The molecule has 0 spiro atoms. The average molecular weight is 490 g/mol. The maximum Gasteiger partial charge on any atom is 0.258 e. The van der Waals surface area contributed by atoms with E-state index >= 15 is 0 Å². The van der Waals surface area contributed by atoms with Gasteiger partial charge in [-0.15, -0.1) is 0 Å². The third kappa shape index (κ3) is 5.26. The number of nitrogens with zero attached hydrogens (tertiary/aromatic N) is 2. The number of carbonyl (C=O) groups is 2. The third-order valence-corrected chi connectivity index (χ3v) is 6.88. The van der Waals surface area contributed by atoms with Crippen LogP contribution in [-0.4, -0.2) is 32.0 Å². The second kappa shape index (κ2) is 10.7. The summed E-state index contributed by atoms with van der Waals surface area (Å²) < 4.78 is 0. The molecule has 0 radical (unpaired) electrons. The van der Waals surface area contributed by atoms with Crippen molar-refractivity contribution in [2.75, 3.05) is 35.3 Å². The summed E-state index contributed by atoms with van der Waals surface area (Å²) in [6, 6.07) is 30.9. The molecule has 0 saturated carbocycles. The summed E-state index contributed by atoms with van der Waals surface area (Å²) in [5.74, 6) is -0.276. The molecule has 1 aliphatic heterocycles. The van der Waals surface area contributed by atoms with Crippen LogP contribution >= 0.6 is 0 Å². The molecule has 1 saturated heterocycles. The van der Waals surface area contributed by atoms with Crippen LogP contribution in [0.25, 0.3) is 11.1 Å². The largest absolute Gasteiger partial charge is 0.370 e. The van der Waals surface area contributed by atoms with Crippen molar-refractivity contribution in [1.82, 2.24) is 0 Å². The summed E-state index contributed by atoms with van der Waals surface area (Å²) in [5.41, 5.74) is 6.83. The number of hydrogen-bond acceptors (Lipinski definition) is 3. The van der Waals surface area contributed by atoms with Gasteiger partial charge < -0.3 is 15.1 Å². The molecular formula is C32H31N3O2. The van der Waals surface area contributed by atoms with Crippen molar-refractivity contribution in [1.29, 1.82) is 0 Å². The quantitative estimate of drug-likeness (QED) is 0.324. The maximum absolute atomic E-state index is 13.3. The average Bonchev–Trinajstić information content (AvgIpc) is 3.48. The number of aryl methyl sites for hydroxylation is 1. The first-order valence-electron chi connectivity index (χ1n) is 12.7. The first kappa shape index (κ1) is 24.3. The van der Waals surface area contributed by atoms with Gasteiger partial charge in [-0.05, 0) is 73.4 Å². The molecule has 4 aromatic carbocycles. The van der Waals surface area contributed by atoms with Crippen LogP contribution in [0.4, 0.5) is 17.1 Å². The molecule has 2 amide bonds. The van der Waals surface area contributed by atoms with Crippen LogP contribution in [0, 0.1) is 6.92 Å². The monoisotopic (exact) mass is 489 g/mol. The first-order chi connectivity index (χ1) is 18.0. The summed E-state index contributed by atoms with van der Waals surface area (Å²) in [4.78, 5) is 30.5. The van der Waals surface area contributed by atoms with Gasteiger partial charge in [0.1, 0.15) is 0 Å². The fraction of sp³-hybridized carbons (Fsp3) is 0.188. The predicted octanol–water partition coefficient (Wildman–Crippen LogP) is 6.79. The van der Waals surface area contributed by atoms with Gasteiger partial charge in [0.2, 0.25) is 0 Å². The Kier molecular flexibility index (Phi) is 7.04. The first-order valence-corrected chi connectivity index (χ1v) is 12.7. The van der Waals surface area contributed by atoms with Crippen molar-refractivity contribution in [3.05, 3.63) is 114 Å². The van der Waals surface area contributed by atoms with E-state index in [2.05, 4.69) is 22.3 Å². The molecule has 186 valence electrons. The number of benzene rings is 4. The van der Waals surface area contributed by atoms with Crippen LogP contribution in [0.5, 0.6) is 0 Å². The number of amides is 2. The molecule has 0 unspecified atom stereocenters. The lowest BCUT2D eigenvalue weighted by molar-refractivity contribution is 0.0991. The van der Waals surface area contributed by atoms with E-state index in [9.17, 15) is 9.59 Å². The normalized spacial score (nSPS) is 12.9. The van der Waals surface area contributed by atoms with Crippen molar-refractivity contribution in [3.63, 3.8) is 0 Å². The Labute approximate surface area is 218 Å². The number of carbonyl (C=O) groups excluding carboxylic acids is 2. The fourth-order valence-electron chi connectivity index (χ4n) is 4.92. The number of hydrogen-bond donors (Lipinski definition) is 1. The minimum absolute atomic E-state index is 0.0886. The zero-order valence-electron chi connectivity index (χ0n) is 21.3. The highest BCUT2D eigenvalue weighted by Crippen LogP contribution is 2.32. The summed E-state index contributed by atoms with van der Waals surface area (Å²) in [5, 5.41) is 2.99. The Morgan fingerprint density at radius 3 is 2.27 bits per heavy atom. The number of rotatable bonds is 6. The second-order valence-electron chi connectivity index (χ2n) is 9.49. The SMILES string of the molecule is Cc1cccc(-c2ccccc2C(=O)Nc2ccc(C(=O)N(C)c3ccccc3N3CCCC3)cc2)c1. The molecule has 5 rings (SSSR count). The molecule has 4 aromatic rings. The Bertz CT molecular complexity index is 1420. The summed E-state index contributed by atoms with van der Waals surface area (Å²) in [6.07, 6.45) is 2.35. The van der Waals surface area contributed by atoms with Gasteiger partial charge in [-0.3, -0.25) is 9.59 Å². The predicted molar refractivity (Wildman–Crippen MR) is 152 cm³/mol. The van der Waals surface area contributed by atoms with Gasteiger partial charge >= 0.3 is 0 Å². The lowest BCUT2D eigenvalue weighted by Gasteiger charge is -2.26. The minimum Gasteiger partial charge on any atom is -0.370 e. The lowest BCUT2D eigenvalue weighted by Crippen LogP contribution is -2.29. The summed E-state index contributed by atoms with van der Waals surface area (Å²) in [6.45, 7) is 4.07. The van der Waals surface area contributed by atoms with Gasteiger partial charge in [-0.25, -0.2) is 0 Å². The Hall–Kier alpha value is -4.38. The lowest BCUT2D eigenvalue weighted by atomic mass is 9.98. The smallest absolute Gasteiger partial charge is 0.258 e. The van der Waals surface area contributed by atoms with E-state index in [0.29, 0.717) is 16.8 Å². The van der Waals surface area contributed by atoms with Gasteiger partial charge in [-0.2, -0.15) is 0 Å². The van der Waals surface area contributed by atoms with Gasteiger partial charge in [0.25, 0.3) is 11.8 Å². The van der Waals surface area contributed by atoms with Crippen molar-refractivity contribution < 1.29 is 9.59 Å². The Balaban J connectivity index is 1.32. The minimum atomic E-state index is -0.187. The van der Waals surface area contributed by atoms with Crippen LogP contribution in [0.1, 0.15) is 39.1 Å². The zero-order valence-corrected chi connectivity index (χ0v) is 21.3. The van der Waals surface area contributed by atoms with E-state index in [4.69, 9.17) is 0 Å². The summed E-state index contributed by atoms with van der Waals surface area (Å²) >= 11 is 0. The Morgan fingerprint density at radius 1 is 0.811 bits per heavy atom. The molecule has 1 heterocycles. The van der Waals surface area contributed by atoms with E-state index in [1.807, 2.05) is 74.6 Å². The third-order valence-electron chi connectivity index (χ3n) is 6.88. The van der Waals surface area contributed by atoms with Crippen LogP contribution < -0.4 is 15.1 Å². The molecule has 5 nitrogen and oxygen atoms in total. The Morgan fingerprint density at radius 2 is 1.51 bits per heavy atom. The van der Waals surface area contributed by atoms with E-state index in [-0.39, 0.29) is 11.8 Å². The molecule has 1 aliphatic rings. The van der Waals surface area contributed by atoms with Crippen LogP contribution in [-0.2, 0) is 0 Å². The molecule has 1 fully saturated rings. The molecule has 1 N–H and O–H groups in total. The molecule has 5 heteroatoms. The second-order valence-corrected chi connectivity index (χ2v) is 9.49. The molecular weight excluding hydrogens is 458 g/mol. The van der Waals surface area contributed by atoms with Crippen molar-refractivity contribution in [2.45, 2.75) is 19.8 Å². The van der Waals surface area contributed by atoms with Crippen LogP contribution in [0.3, 0.4) is 0 Å². The standard InChI is InChI=1S/C32H31N3O2/c1-23-10-9-11-25(22-23)27-12-3-4-13-28(27)31(36)33-26-18-16-24(17-19-26)32(37)34(2)29-14-5-6-15-30(29)35-20-7-8-21-35/h3-6,9-19,22H,7-8,20-21H2,1-2H3,(H,33,36). The van der Waals surface area contributed by atoms with Crippen molar-refractivity contribution in [2.24, 2.45) is 0 Å². The number of anilines is 3. The van der Waals surface area contributed by atoms with Gasteiger partial charge in [0, 0.05) is 37.0 Å². The van der Waals surface area contributed by atoms with Gasteiger partial charge in [0.05, 0.1) is 11.4 Å². The van der Waals surface area contributed by atoms with E-state index < -0.39 is 0 Å².